The van der Waals surface area contributed by atoms with Crippen molar-refractivity contribution in [2.75, 3.05) is 13.1 Å². The van der Waals surface area contributed by atoms with Gasteiger partial charge in [0.15, 0.2) is 11.0 Å². The minimum atomic E-state index is -0.215. The summed E-state index contributed by atoms with van der Waals surface area (Å²) < 4.78 is 2.04. The van der Waals surface area contributed by atoms with Crippen molar-refractivity contribution in [1.29, 1.82) is 0 Å². The van der Waals surface area contributed by atoms with E-state index in [-0.39, 0.29) is 11.2 Å². The molecule has 3 aromatic rings. The van der Waals surface area contributed by atoms with E-state index in [0.717, 1.165) is 48.2 Å². The van der Waals surface area contributed by atoms with Crippen molar-refractivity contribution in [3.63, 3.8) is 0 Å². The molecule has 0 spiro atoms. The van der Waals surface area contributed by atoms with Crippen LogP contribution in [-0.2, 0) is 4.79 Å². The molecule has 0 bridgehead atoms. The monoisotopic (exact) mass is 407 g/mol. The third-order valence-corrected chi connectivity index (χ3v) is 6.40. The van der Waals surface area contributed by atoms with Gasteiger partial charge in [0.1, 0.15) is 0 Å². The van der Waals surface area contributed by atoms with Crippen LogP contribution in [0.1, 0.15) is 30.9 Å². The van der Waals surface area contributed by atoms with Gasteiger partial charge in [-0.05, 0) is 69.0 Å². The molecular formula is C22H25N5OS. The van der Waals surface area contributed by atoms with Crippen LogP contribution in [0, 0.1) is 13.8 Å². The van der Waals surface area contributed by atoms with Gasteiger partial charge < -0.3 is 4.90 Å². The number of amides is 1. The molecule has 4 rings (SSSR count). The van der Waals surface area contributed by atoms with Crippen LogP contribution in [-0.4, -0.2) is 48.9 Å². The second-order valence-corrected chi connectivity index (χ2v) is 8.75. The number of carbonyl (C=O) groups is 1. The number of carbonyl (C=O) groups excluding carboxylic acids is 1. The second-order valence-electron chi connectivity index (χ2n) is 7.44. The highest BCUT2D eigenvalue weighted by Gasteiger charge is 2.27. The highest BCUT2D eigenvalue weighted by atomic mass is 32.2. The molecule has 6 nitrogen and oxygen atoms in total. The predicted molar refractivity (Wildman–Crippen MR) is 115 cm³/mol. The van der Waals surface area contributed by atoms with E-state index in [1.165, 1.54) is 22.9 Å². The molecule has 0 N–H and O–H groups in total. The van der Waals surface area contributed by atoms with Crippen LogP contribution in [0.5, 0.6) is 0 Å². The Morgan fingerprint density at radius 3 is 2.45 bits per heavy atom. The van der Waals surface area contributed by atoms with E-state index in [2.05, 4.69) is 47.2 Å². The molecule has 1 amide bonds. The summed E-state index contributed by atoms with van der Waals surface area (Å²) in [6.07, 6.45) is 5.68. The van der Waals surface area contributed by atoms with E-state index in [0.29, 0.717) is 0 Å². The first-order valence-electron chi connectivity index (χ1n) is 9.93. The summed E-state index contributed by atoms with van der Waals surface area (Å²) >= 11 is 1.47. The van der Waals surface area contributed by atoms with Crippen molar-refractivity contribution in [2.45, 2.75) is 44.0 Å². The van der Waals surface area contributed by atoms with Crippen molar-refractivity contribution < 1.29 is 4.79 Å². The Kier molecular flexibility index (Phi) is 5.67. The average molecular weight is 408 g/mol. The Morgan fingerprint density at radius 2 is 1.76 bits per heavy atom. The normalized spacial score (nSPS) is 14.9. The third kappa shape index (κ3) is 4.05. The average Bonchev–Trinajstić information content (AvgIpc) is 3.40. The Labute approximate surface area is 175 Å². The van der Waals surface area contributed by atoms with Crippen LogP contribution in [0.4, 0.5) is 0 Å². The first-order chi connectivity index (χ1) is 14.0. The van der Waals surface area contributed by atoms with E-state index in [9.17, 15) is 4.79 Å². The number of hydrogen-bond acceptors (Lipinski definition) is 5. The molecular weight excluding hydrogens is 382 g/mol. The van der Waals surface area contributed by atoms with E-state index in [1.807, 2.05) is 28.5 Å². The number of rotatable bonds is 5. The van der Waals surface area contributed by atoms with Gasteiger partial charge in [0.05, 0.1) is 10.9 Å². The molecule has 1 fully saturated rings. The largest absolute Gasteiger partial charge is 0.342 e. The maximum absolute atomic E-state index is 12.8. The molecule has 1 aliphatic rings. The first kappa shape index (κ1) is 19.6. The van der Waals surface area contributed by atoms with Gasteiger partial charge in [0.25, 0.3) is 0 Å². The topological polar surface area (TPSA) is 63.9 Å². The SMILES string of the molecule is Cc1ccc(-n2c(S[C@@H](C)C(=O)N3CCCC3)nnc2-c2ccncc2)cc1C. The van der Waals surface area contributed by atoms with Crippen LogP contribution in [0.25, 0.3) is 17.1 Å². The number of benzene rings is 1. The number of thioether (sulfide) groups is 1. The summed E-state index contributed by atoms with van der Waals surface area (Å²) in [4.78, 5) is 18.9. The predicted octanol–water partition coefficient (Wildman–Crippen LogP) is 4.05. The number of aromatic nitrogens is 4. The van der Waals surface area contributed by atoms with Crippen LogP contribution >= 0.6 is 11.8 Å². The minimum absolute atomic E-state index is 0.174. The zero-order valence-corrected chi connectivity index (χ0v) is 17.8. The number of aryl methyl sites for hydroxylation is 2. The smallest absolute Gasteiger partial charge is 0.235 e. The summed E-state index contributed by atoms with van der Waals surface area (Å²) in [7, 11) is 0. The molecule has 1 saturated heterocycles. The number of pyridine rings is 1. The lowest BCUT2D eigenvalue weighted by atomic mass is 10.1. The van der Waals surface area contributed by atoms with Gasteiger partial charge in [-0.2, -0.15) is 0 Å². The van der Waals surface area contributed by atoms with Gasteiger partial charge in [-0.15, -0.1) is 10.2 Å². The van der Waals surface area contributed by atoms with Gasteiger partial charge in [-0.1, -0.05) is 17.8 Å². The highest BCUT2D eigenvalue weighted by molar-refractivity contribution is 8.00. The Bertz CT molecular complexity index is 1010. The van der Waals surface area contributed by atoms with E-state index in [4.69, 9.17) is 0 Å². The second kappa shape index (κ2) is 8.37. The molecule has 1 aromatic carbocycles. The van der Waals surface area contributed by atoms with E-state index in [1.54, 1.807) is 12.4 Å². The lowest BCUT2D eigenvalue weighted by molar-refractivity contribution is -0.129. The van der Waals surface area contributed by atoms with Crippen molar-refractivity contribution in [2.24, 2.45) is 0 Å². The van der Waals surface area contributed by atoms with Crippen LogP contribution in [0.2, 0.25) is 0 Å². The fourth-order valence-electron chi connectivity index (χ4n) is 3.53. The lowest BCUT2D eigenvalue weighted by Gasteiger charge is -2.20. The standard InChI is InChI=1S/C22H25N5OS/c1-15-6-7-19(14-16(15)2)27-20(18-8-10-23-11-9-18)24-25-22(27)29-17(3)21(28)26-12-4-5-13-26/h6-11,14,17H,4-5,12-13H2,1-3H3/t17-/m0/s1. The molecule has 150 valence electrons. The molecule has 1 atom stereocenters. The van der Waals surface area contributed by atoms with E-state index >= 15 is 0 Å². The molecule has 7 heteroatoms. The summed E-state index contributed by atoms with van der Waals surface area (Å²) in [6, 6.07) is 10.2. The molecule has 0 radical (unpaired) electrons. The van der Waals surface area contributed by atoms with Crippen LogP contribution in [0.3, 0.4) is 0 Å². The van der Waals surface area contributed by atoms with Crippen molar-refractivity contribution >= 4 is 17.7 Å². The first-order valence-corrected chi connectivity index (χ1v) is 10.8. The van der Waals surface area contributed by atoms with Crippen LogP contribution < -0.4 is 0 Å². The third-order valence-electron chi connectivity index (χ3n) is 5.37. The summed E-state index contributed by atoms with van der Waals surface area (Å²) in [5, 5.41) is 9.43. The highest BCUT2D eigenvalue weighted by Crippen LogP contribution is 2.31. The summed E-state index contributed by atoms with van der Waals surface area (Å²) in [5.74, 6) is 0.923. The molecule has 0 aliphatic carbocycles. The van der Waals surface area contributed by atoms with Gasteiger partial charge in [-0.3, -0.25) is 14.3 Å². The minimum Gasteiger partial charge on any atom is -0.342 e. The molecule has 1 aliphatic heterocycles. The van der Waals surface area contributed by atoms with Crippen LogP contribution in [0.15, 0.2) is 47.9 Å². The van der Waals surface area contributed by atoms with Gasteiger partial charge in [-0.25, -0.2) is 0 Å². The van der Waals surface area contributed by atoms with Crippen molar-refractivity contribution in [3.05, 3.63) is 53.9 Å². The Morgan fingerprint density at radius 1 is 1.03 bits per heavy atom. The van der Waals surface area contributed by atoms with Crippen molar-refractivity contribution in [3.8, 4) is 17.1 Å². The number of nitrogens with zero attached hydrogens (tertiary/aromatic N) is 5. The zero-order chi connectivity index (χ0) is 20.4. The lowest BCUT2D eigenvalue weighted by Crippen LogP contribution is -2.34. The summed E-state index contributed by atoms with van der Waals surface area (Å²) in [6.45, 7) is 7.87. The van der Waals surface area contributed by atoms with Gasteiger partial charge in [0, 0.05) is 31.0 Å². The van der Waals surface area contributed by atoms with E-state index < -0.39 is 0 Å². The summed E-state index contributed by atoms with van der Waals surface area (Å²) in [5.41, 5.74) is 4.37. The van der Waals surface area contributed by atoms with Crippen molar-refractivity contribution in [1.82, 2.24) is 24.6 Å². The molecule has 2 aromatic heterocycles. The fourth-order valence-corrected chi connectivity index (χ4v) is 4.49. The van der Waals surface area contributed by atoms with Gasteiger partial charge >= 0.3 is 0 Å². The fraction of sp³-hybridized carbons (Fsp3) is 0.364. The Balaban J connectivity index is 1.72. The van der Waals surface area contributed by atoms with Gasteiger partial charge in [0.2, 0.25) is 5.91 Å². The zero-order valence-electron chi connectivity index (χ0n) is 17.0. The molecule has 0 unspecified atom stereocenters. The Hall–Kier alpha value is -2.67. The molecule has 0 saturated carbocycles. The molecule has 3 heterocycles. The quantitative estimate of drug-likeness (QED) is 0.597. The maximum Gasteiger partial charge on any atom is 0.235 e. The molecule has 29 heavy (non-hydrogen) atoms. The number of hydrogen-bond donors (Lipinski definition) is 0. The number of likely N-dealkylation sites (tertiary alicyclic amines) is 1. The maximum atomic E-state index is 12.8.